The van der Waals surface area contributed by atoms with E-state index in [4.69, 9.17) is 5.11 Å². The molecule has 1 rings (SSSR count). The molecular formula is C12H21N3O2. The lowest BCUT2D eigenvalue weighted by Gasteiger charge is -2.10. The number of amides is 1. The van der Waals surface area contributed by atoms with Gasteiger partial charge in [0, 0.05) is 19.7 Å². The largest absolute Gasteiger partial charge is 0.396 e. The second-order valence-electron chi connectivity index (χ2n) is 4.19. The molecule has 0 aromatic carbocycles. The molecule has 0 radical (unpaired) electrons. The van der Waals surface area contributed by atoms with Crippen molar-refractivity contribution in [2.75, 3.05) is 13.2 Å². The lowest BCUT2D eigenvalue weighted by molar-refractivity contribution is 0.0931. The van der Waals surface area contributed by atoms with Gasteiger partial charge in [0.05, 0.1) is 5.69 Å². The number of carbonyl (C=O) groups excluding carboxylic acids is 1. The van der Waals surface area contributed by atoms with Crippen LogP contribution in [0.5, 0.6) is 0 Å². The van der Waals surface area contributed by atoms with E-state index in [0.717, 1.165) is 12.1 Å². The van der Waals surface area contributed by atoms with E-state index in [0.29, 0.717) is 18.8 Å². The Morgan fingerprint density at radius 1 is 1.59 bits per heavy atom. The minimum atomic E-state index is -0.126. The van der Waals surface area contributed by atoms with E-state index in [1.807, 2.05) is 26.8 Å². The number of rotatable bonds is 6. The summed E-state index contributed by atoms with van der Waals surface area (Å²) in [5, 5.41) is 16.0. The van der Waals surface area contributed by atoms with Gasteiger partial charge in [-0.15, -0.1) is 0 Å². The summed E-state index contributed by atoms with van der Waals surface area (Å²) < 4.78 is 1.71. The van der Waals surface area contributed by atoms with Crippen molar-refractivity contribution >= 4 is 5.91 Å². The number of carbonyl (C=O) groups is 1. The number of aryl methyl sites for hydroxylation is 2. The summed E-state index contributed by atoms with van der Waals surface area (Å²) in [5.41, 5.74) is 1.52. The summed E-state index contributed by atoms with van der Waals surface area (Å²) in [6, 6.07) is 1.82. The average Bonchev–Trinajstić information content (AvgIpc) is 2.78. The third-order valence-electron chi connectivity index (χ3n) is 2.65. The lowest BCUT2D eigenvalue weighted by atomic mass is 10.2. The fourth-order valence-corrected chi connectivity index (χ4v) is 1.49. The first-order valence-corrected chi connectivity index (χ1v) is 6.08. The molecule has 2 N–H and O–H groups in total. The van der Waals surface area contributed by atoms with Gasteiger partial charge < -0.3 is 10.4 Å². The minimum Gasteiger partial charge on any atom is -0.396 e. The molecule has 0 aliphatic rings. The molecule has 1 unspecified atom stereocenters. The highest BCUT2D eigenvalue weighted by Crippen LogP contribution is 2.05. The van der Waals surface area contributed by atoms with Gasteiger partial charge in [-0.25, -0.2) is 0 Å². The SMILES string of the molecule is CCc1cc(C(=O)NCC(C)CO)n(CC)n1. The summed E-state index contributed by atoms with van der Waals surface area (Å²) in [7, 11) is 0. The summed E-state index contributed by atoms with van der Waals surface area (Å²) in [6.07, 6.45) is 0.820. The van der Waals surface area contributed by atoms with E-state index in [-0.39, 0.29) is 18.4 Å². The third kappa shape index (κ3) is 3.56. The molecule has 1 amide bonds. The number of hydrogen-bond donors (Lipinski definition) is 2. The number of nitrogens with zero attached hydrogens (tertiary/aromatic N) is 2. The molecule has 5 heteroatoms. The quantitative estimate of drug-likeness (QED) is 0.772. The molecule has 96 valence electrons. The summed E-state index contributed by atoms with van der Waals surface area (Å²) in [5.74, 6) is -0.0538. The monoisotopic (exact) mass is 239 g/mol. The number of aromatic nitrogens is 2. The summed E-state index contributed by atoms with van der Waals surface area (Å²) in [6.45, 7) is 7.09. The van der Waals surface area contributed by atoms with Gasteiger partial charge in [-0.05, 0) is 25.3 Å². The molecule has 0 aliphatic heterocycles. The highest BCUT2D eigenvalue weighted by Gasteiger charge is 2.14. The van der Waals surface area contributed by atoms with E-state index in [9.17, 15) is 4.79 Å². The van der Waals surface area contributed by atoms with E-state index in [2.05, 4.69) is 10.4 Å². The van der Waals surface area contributed by atoms with E-state index in [1.165, 1.54) is 0 Å². The highest BCUT2D eigenvalue weighted by atomic mass is 16.3. The minimum absolute atomic E-state index is 0.0718. The predicted molar refractivity (Wildman–Crippen MR) is 65.9 cm³/mol. The van der Waals surface area contributed by atoms with Gasteiger partial charge in [-0.3, -0.25) is 9.48 Å². The van der Waals surface area contributed by atoms with Crippen molar-refractivity contribution in [3.05, 3.63) is 17.5 Å². The molecule has 1 atom stereocenters. The normalized spacial score (nSPS) is 12.5. The van der Waals surface area contributed by atoms with Crippen molar-refractivity contribution < 1.29 is 9.90 Å². The zero-order chi connectivity index (χ0) is 12.8. The van der Waals surface area contributed by atoms with Crippen LogP contribution in [0.15, 0.2) is 6.07 Å². The number of aliphatic hydroxyl groups is 1. The van der Waals surface area contributed by atoms with Gasteiger partial charge in [0.25, 0.3) is 5.91 Å². The maximum Gasteiger partial charge on any atom is 0.269 e. The van der Waals surface area contributed by atoms with Crippen molar-refractivity contribution in [3.8, 4) is 0 Å². The Morgan fingerprint density at radius 2 is 2.29 bits per heavy atom. The second-order valence-corrected chi connectivity index (χ2v) is 4.19. The van der Waals surface area contributed by atoms with Crippen molar-refractivity contribution in [2.45, 2.75) is 33.7 Å². The molecule has 1 aromatic rings. The fraction of sp³-hybridized carbons (Fsp3) is 0.667. The van der Waals surface area contributed by atoms with Crippen LogP contribution < -0.4 is 5.32 Å². The first-order valence-electron chi connectivity index (χ1n) is 6.08. The van der Waals surface area contributed by atoms with Gasteiger partial charge >= 0.3 is 0 Å². The smallest absolute Gasteiger partial charge is 0.269 e. The van der Waals surface area contributed by atoms with E-state index >= 15 is 0 Å². The molecular weight excluding hydrogens is 218 g/mol. The van der Waals surface area contributed by atoms with E-state index < -0.39 is 0 Å². The standard InChI is InChI=1S/C12H21N3O2/c1-4-10-6-11(15(5-2)14-10)12(17)13-7-9(3)8-16/h6,9,16H,4-5,7-8H2,1-3H3,(H,13,17). The van der Waals surface area contributed by atoms with Gasteiger partial charge in [0.2, 0.25) is 0 Å². The van der Waals surface area contributed by atoms with Gasteiger partial charge in [0.1, 0.15) is 5.69 Å². The molecule has 1 heterocycles. The topological polar surface area (TPSA) is 67.2 Å². The highest BCUT2D eigenvalue weighted by molar-refractivity contribution is 5.92. The number of hydrogen-bond acceptors (Lipinski definition) is 3. The Morgan fingerprint density at radius 3 is 2.82 bits per heavy atom. The Kier molecular flexibility index (Phi) is 5.15. The number of nitrogens with one attached hydrogen (secondary N) is 1. The second kappa shape index (κ2) is 6.39. The molecule has 0 saturated carbocycles. The first-order chi connectivity index (χ1) is 8.12. The molecule has 1 aromatic heterocycles. The molecule has 17 heavy (non-hydrogen) atoms. The Bertz CT molecular complexity index is 374. The summed E-state index contributed by atoms with van der Waals surface area (Å²) >= 11 is 0. The Labute approximate surface area is 102 Å². The van der Waals surface area contributed by atoms with Gasteiger partial charge in [-0.1, -0.05) is 13.8 Å². The van der Waals surface area contributed by atoms with Gasteiger partial charge in [0.15, 0.2) is 0 Å². The van der Waals surface area contributed by atoms with Crippen LogP contribution in [0.4, 0.5) is 0 Å². The van der Waals surface area contributed by atoms with Crippen molar-refractivity contribution in [1.29, 1.82) is 0 Å². The third-order valence-corrected chi connectivity index (χ3v) is 2.65. The van der Waals surface area contributed by atoms with Crippen LogP contribution >= 0.6 is 0 Å². The van der Waals surface area contributed by atoms with Crippen LogP contribution in [0.1, 0.15) is 37.0 Å². The van der Waals surface area contributed by atoms with Crippen LogP contribution in [-0.2, 0) is 13.0 Å². The molecule has 0 spiro atoms. The van der Waals surface area contributed by atoms with Crippen molar-refractivity contribution in [1.82, 2.24) is 15.1 Å². The molecule has 0 bridgehead atoms. The molecule has 0 aliphatic carbocycles. The number of aliphatic hydroxyl groups excluding tert-OH is 1. The maximum atomic E-state index is 11.9. The maximum absolute atomic E-state index is 11.9. The predicted octanol–water partition coefficient (Wildman–Crippen LogP) is 0.824. The van der Waals surface area contributed by atoms with Crippen molar-refractivity contribution in [3.63, 3.8) is 0 Å². The van der Waals surface area contributed by atoms with E-state index in [1.54, 1.807) is 4.68 Å². The first kappa shape index (κ1) is 13.7. The van der Waals surface area contributed by atoms with Crippen LogP contribution in [0.25, 0.3) is 0 Å². The summed E-state index contributed by atoms with van der Waals surface area (Å²) in [4.78, 5) is 11.9. The molecule has 0 saturated heterocycles. The van der Waals surface area contributed by atoms with Crippen LogP contribution in [0.3, 0.4) is 0 Å². The molecule has 0 fully saturated rings. The van der Waals surface area contributed by atoms with Gasteiger partial charge in [-0.2, -0.15) is 5.10 Å². The zero-order valence-electron chi connectivity index (χ0n) is 10.7. The average molecular weight is 239 g/mol. The van der Waals surface area contributed by atoms with Crippen LogP contribution in [0.2, 0.25) is 0 Å². The van der Waals surface area contributed by atoms with Crippen LogP contribution in [-0.4, -0.2) is 33.9 Å². The lowest BCUT2D eigenvalue weighted by Crippen LogP contribution is -2.31. The Hall–Kier alpha value is -1.36. The van der Waals surface area contributed by atoms with Crippen LogP contribution in [0, 0.1) is 5.92 Å². The zero-order valence-corrected chi connectivity index (χ0v) is 10.7. The van der Waals surface area contributed by atoms with Crippen molar-refractivity contribution in [2.24, 2.45) is 5.92 Å². The molecule has 5 nitrogen and oxygen atoms in total. The Balaban J connectivity index is 2.70. The fourth-order valence-electron chi connectivity index (χ4n) is 1.49.